The molecule has 5 rings (SSSR count). The molecule has 1 heterocycles. The maximum atomic E-state index is 13.8. The lowest BCUT2D eigenvalue weighted by Gasteiger charge is -2.27. The summed E-state index contributed by atoms with van der Waals surface area (Å²) in [5, 5.41) is 9.83. The van der Waals surface area contributed by atoms with Gasteiger partial charge in [0.15, 0.2) is 12.4 Å². The van der Waals surface area contributed by atoms with E-state index in [0.717, 1.165) is 0 Å². The largest absolute Gasteiger partial charge is 0.476 e. The van der Waals surface area contributed by atoms with Crippen LogP contribution in [-0.2, 0) is 4.79 Å². The second kappa shape index (κ2) is 11.5. The van der Waals surface area contributed by atoms with Crippen molar-refractivity contribution in [3.63, 3.8) is 0 Å². The molecule has 1 atom stereocenters. The van der Waals surface area contributed by atoms with E-state index in [9.17, 15) is 32.0 Å². The summed E-state index contributed by atoms with van der Waals surface area (Å²) in [6.07, 6.45) is 0. The Morgan fingerprint density at radius 3 is 2.19 bits per heavy atom. The Hall–Kier alpha value is -5.57. The molecule has 4 aromatic rings. The second-order valence-corrected chi connectivity index (χ2v) is 8.77. The van der Waals surface area contributed by atoms with Crippen molar-refractivity contribution in [3.05, 3.63) is 124 Å². The van der Waals surface area contributed by atoms with Crippen LogP contribution in [-0.4, -0.2) is 12.6 Å². The van der Waals surface area contributed by atoms with Crippen molar-refractivity contribution in [3.8, 4) is 34.8 Å². The van der Waals surface area contributed by atoms with E-state index in [0.29, 0.717) is 22.6 Å². The first-order chi connectivity index (χ1) is 20.2. The number of fused-ring (bicyclic) bond motifs is 1. The Morgan fingerprint density at radius 2 is 1.50 bits per heavy atom. The lowest BCUT2D eigenvalue weighted by molar-refractivity contribution is -0.136. The second-order valence-electron chi connectivity index (χ2n) is 8.77. The number of nitrogens with two attached hydrogens (primary N) is 1. The maximum Gasteiger partial charge on any atom is 0.349 e. The van der Waals surface area contributed by atoms with Crippen molar-refractivity contribution >= 4 is 5.97 Å². The molecule has 0 aromatic heterocycles. The van der Waals surface area contributed by atoms with Gasteiger partial charge in [-0.3, -0.25) is 0 Å². The molecule has 1 aliphatic rings. The lowest BCUT2D eigenvalue weighted by atomic mass is 9.83. The van der Waals surface area contributed by atoms with Gasteiger partial charge in [-0.05, 0) is 35.9 Å². The molecule has 0 fully saturated rings. The summed E-state index contributed by atoms with van der Waals surface area (Å²) in [6, 6.07) is 22.3. The van der Waals surface area contributed by atoms with Gasteiger partial charge >= 0.3 is 5.97 Å². The van der Waals surface area contributed by atoms with Gasteiger partial charge < -0.3 is 24.7 Å². The van der Waals surface area contributed by atoms with E-state index < -0.39 is 53.3 Å². The fourth-order valence-corrected chi connectivity index (χ4v) is 4.23. The SMILES string of the molecule is N#CC1=C(N)Oc2cc(OC(=O)COc3c(F)c(F)c(F)c(F)c3F)ccc2C1c1cccc(Oc2ccccc2)c1. The molecular formula is C30H17F5N2O5. The summed E-state index contributed by atoms with van der Waals surface area (Å²) in [5.41, 5.74) is 7.30. The van der Waals surface area contributed by atoms with Crippen LogP contribution in [0.25, 0.3) is 0 Å². The van der Waals surface area contributed by atoms with Crippen LogP contribution in [0.5, 0.6) is 28.7 Å². The Morgan fingerprint density at radius 1 is 0.833 bits per heavy atom. The Kier molecular flexibility index (Phi) is 7.66. The number of rotatable bonds is 7. The van der Waals surface area contributed by atoms with Crippen LogP contribution in [0.3, 0.4) is 0 Å². The molecule has 0 amide bonds. The van der Waals surface area contributed by atoms with Gasteiger partial charge in [0.25, 0.3) is 0 Å². The third-order valence-electron chi connectivity index (χ3n) is 6.10. The Labute approximate surface area is 234 Å². The third kappa shape index (κ3) is 5.40. The fraction of sp³-hybridized carbons (Fsp3) is 0.0667. The van der Waals surface area contributed by atoms with E-state index in [1.165, 1.54) is 18.2 Å². The molecule has 212 valence electrons. The molecule has 12 heteroatoms. The van der Waals surface area contributed by atoms with Crippen molar-refractivity contribution in [2.24, 2.45) is 5.73 Å². The smallest absolute Gasteiger partial charge is 0.349 e. The van der Waals surface area contributed by atoms with Gasteiger partial charge in [-0.2, -0.15) is 14.0 Å². The van der Waals surface area contributed by atoms with Crippen LogP contribution >= 0.6 is 0 Å². The fourth-order valence-electron chi connectivity index (χ4n) is 4.23. The first-order valence-corrected chi connectivity index (χ1v) is 12.1. The van der Waals surface area contributed by atoms with Crippen molar-refractivity contribution in [2.75, 3.05) is 6.61 Å². The molecular weight excluding hydrogens is 563 g/mol. The topological polar surface area (TPSA) is 104 Å². The molecule has 2 N–H and O–H groups in total. The van der Waals surface area contributed by atoms with Gasteiger partial charge in [0.1, 0.15) is 34.6 Å². The normalized spacial score (nSPS) is 14.0. The highest BCUT2D eigenvalue weighted by molar-refractivity contribution is 5.74. The molecule has 0 bridgehead atoms. The van der Waals surface area contributed by atoms with Gasteiger partial charge in [-0.25, -0.2) is 18.0 Å². The average Bonchev–Trinajstić information content (AvgIpc) is 2.99. The third-order valence-corrected chi connectivity index (χ3v) is 6.10. The number of nitriles is 1. The number of nitrogens with zero attached hydrogens (tertiary/aromatic N) is 1. The molecule has 0 spiro atoms. The van der Waals surface area contributed by atoms with E-state index in [1.807, 2.05) is 18.2 Å². The predicted octanol–water partition coefficient (Wildman–Crippen LogP) is 6.38. The van der Waals surface area contributed by atoms with E-state index in [2.05, 4.69) is 10.8 Å². The highest BCUT2D eigenvalue weighted by Crippen LogP contribution is 2.44. The average molecular weight is 580 g/mol. The Balaban J connectivity index is 1.37. The number of benzene rings is 4. The van der Waals surface area contributed by atoms with Crippen molar-refractivity contribution < 1.29 is 45.7 Å². The number of esters is 1. The molecule has 0 saturated carbocycles. The zero-order valence-electron chi connectivity index (χ0n) is 21.2. The van der Waals surface area contributed by atoms with Crippen LogP contribution in [0.1, 0.15) is 17.0 Å². The molecule has 0 radical (unpaired) electrons. The number of allylic oxidation sites excluding steroid dienone is 1. The minimum atomic E-state index is -2.37. The number of ether oxygens (including phenoxy) is 4. The van der Waals surface area contributed by atoms with E-state index >= 15 is 0 Å². The van der Waals surface area contributed by atoms with E-state index in [1.54, 1.807) is 36.4 Å². The summed E-state index contributed by atoms with van der Waals surface area (Å²) in [5.74, 6) is -13.9. The molecule has 4 aromatic carbocycles. The van der Waals surface area contributed by atoms with Gasteiger partial charge in [0.05, 0.1) is 5.92 Å². The maximum absolute atomic E-state index is 13.8. The highest BCUT2D eigenvalue weighted by Gasteiger charge is 2.32. The summed E-state index contributed by atoms with van der Waals surface area (Å²) in [6.45, 7) is -1.19. The van der Waals surface area contributed by atoms with Crippen LogP contribution in [0.2, 0.25) is 0 Å². The molecule has 0 saturated heterocycles. The number of para-hydroxylation sites is 1. The minimum absolute atomic E-state index is 0.118. The van der Waals surface area contributed by atoms with Crippen LogP contribution in [0, 0.1) is 40.4 Å². The predicted molar refractivity (Wildman–Crippen MR) is 136 cm³/mol. The van der Waals surface area contributed by atoms with Gasteiger partial charge in [0.2, 0.25) is 35.0 Å². The van der Waals surface area contributed by atoms with Crippen LogP contribution < -0.4 is 24.7 Å². The molecule has 1 unspecified atom stereocenters. The van der Waals surface area contributed by atoms with Gasteiger partial charge in [-0.1, -0.05) is 36.4 Å². The van der Waals surface area contributed by atoms with Crippen molar-refractivity contribution in [1.29, 1.82) is 5.26 Å². The lowest BCUT2D eigenvalue weighted by Crippen LogP contribution is -2.22. The number of hydrogen-bond donors (Lipinski definition) is 1. The van der Waals surface area contributed by atoms with Crippen molar-refractivity contribution in [2.45, 2.75) is 5.92 Å². The zero-order valence-corrected chi connectivity index (χ0v) is 21.2. The zero-order chi connectivity index (χ0) is 30.0. The summed E-state index contributed by atoms with van der Waals surface area (Å²) < 4.78 is 88.7. The number of carbonyl (C=O) groups excluding carboxylic acids is 1. The molecule has 7 nitrogen and oxygen atoms in total. The number of carbonyl (C=O) groups is 1. The standard InChI is InChI=1S/C30H17F5N2O5/c31-24-25(32)27(34)29(28(35)26(24)33)39-14-22(38)41-18-9-10-19-21(12-18)42-30(37)20(13-36)23(19)15-5-4-8-17(11-15)40-16-6-2-1-3-7-16/h1-12,23H,14,37H2. The summed E-state index contributed by atoms with van der Waals surface area (Å²) in [7, 11) is 0. The van der Waals surface area contributed by atoms with E-state index in [4.69, 9.17) is 19.9 Å². The molecule has 42 heavy (non-hydrogen) atoms. The quantitative estimate of drug-likeness (QED) is 0.0890. The van der Waals surface area contributed by atoms with Crippen LogP contribution in [0.15, 0.2) is 84.3 Å². The van der Waals surface area contributed by atoms with Gasteiger partial charge in [-0.15, -0.1) is 0 Å². The highest BCUT2D eigenvalue weighted by atomic mass is 19.2. The minimum Gasteiger partial charge on any atom is -0.476 e. The number of halogens is 5. The van der Waals surface area contributed by atoms with Crippen LogP contribution in [0.4, 0.5) is 22.0 Å². The number of hydrogen-bond acceptors (Lipinski definition) is 7. The first kappa shape index (κ1) is 28.0. The monoisotopic (exact) mass is 580 g/mol. The van der Waals surface area contributed by atoms with E-state index in [-0.39, 0.29) is 23.0 Å². The first-order valence-electron chi connectivity index (χ1n) is 12.1. The Bertz CT molecular complexity index is 1740. The van der Waals surface area contributed by atoms with Gasteiger partial charge in [0, 0.05) is 11.6 Å². The molecule has 1 aliphatic heterocycles. The van der Waals surface area contributed by atoms with Crippen molar-refractivity contribution in [1.82, 2.24) is 0 Å². The summed E-state index contributed by atoms with van der Waals surface area (Å²) >= 11 is 0. The summed E-state index contributed by atoms with van der Waals surface area (Å²) in [4.78, 5) is 12.3. The molecule has 0 aliphatic carbocycles.